The van der Waals surface area contributed by atoms with Crippen molar-refractivity contribution in [3.63, 3.8) is 0 Å². The molecular formula is C17H17N3S. The Hall–Kier alpha value is -2.38. The topological polar surface area (TPSA) is 47.8 Å². The highest BCUT2D eigenvalue weighted by Crippen LogP contribution is 2.23. The molecule has 106 valence electrons. The molecule has 4 heteroatoms. The molecule has 0 atom stereocenters. The molecule has 2 aromatic carbocycles. The zero-order valence-corrected chi connectivity index (χ0v) is 12.9. The Bertz CT molecular complexity index is 669. The summed E-state index contributed by atoms with van der Waals surface area (Å²) in [6, 6.07) is 17.4. The van der Waals surface area contributed by atoms with E-state index in [1.165, 1.54) is 5.56 Å². The summed E-state index contributed by atoms with van der Waals surface area (Å²) in [6.07, 6.45) is 0. The third-order valence-corrected chi connectivity index (χ3v) is 3.31. The van der Waals surface area contributed by atoms with Gasteiger partial charge >= 0.3 is 0 Å². The van der Waals surface area contributed by atoms with Gasteiger partial charge in [-0.1, -0.05) is 32.0 Å². The lowest BCUT2D eigenvalue weighted by atomic mass is 10.0. The van der Waals surface area contributed by atoms with Crippen LogP contribution in [0.25, 0.3) is 0 Å². The van der Waals surface area contributed by atoms with E-state index < -0.39 is 0 Å². The van der Waals surface area contributed by atoms with Crippen LogP contribution in [0.15, 0.2) is 48.5 Å². The summed E-state index contributed by atoms with van der Waals surface area (Å²) >= 11 is 5.34. The predicted molar refractivity (Wildman–Crippen MR) is 91.5 cm³/mol. The molecule has 0 unspecified atom stereocenters. The largest absolute Gasteiger partial charge is 0.332 e. The van der Waals surface area contributed by atoms with Gasteiger partial charge in [0.15, 0.2) is 5.11 Å². The van der Waals surface area contributed by atoms with E-state index in [9.17, 15) is 0 Å². The maximum atomic E-state index is 8.78. The number of hydrogen-bond donors (Lipinski definition) is 2. The van der Waals surface area contributed by atoms with Crippen molar-refractivity contribution < 1.29 is 0 Å². The Labute approximate surface area is 130 Å². The Balaban J connectivity index is 2.06. The summed E-state index contributed by atoms with van der Waals surface area (Å²) in [6.45, 7) is 4.30. The Morgan fingerprint density at radius 3 is 2.33 bits per heavy atom. The number of anilines is 2. The highest BCUT2D eigenvalue weighted by molar-refractivity contribution is 7.80. The van der Waals surface area contributed by atoms with Crippen molar-refractivity contribution in [1.82, 2.24) is 0 Å². The van der Waals surface area contributed by atoms with Crippen molar-refractivity contribution >= 4 is 28.7 Å². The lowest BCUT2D eigenvalue weighted by Crippen LogP contribution is -2.20. The van der Waals surface area contributed by atoms with E-state index in [0.717, 1.165) is 11.4 Å². The van der Waals surface area contributed by atoms with Crippen LogP contribution in [-0.2, 0) is 0 Å². The minimum atomic E-state index is 0.423. The van der Waals surface area contributed by atoms with Crippen LogP contribution in [0, 0.1) is 11.3 Å². The van der Waals surface area contributed by atoms with Gasteiger partial charge in [0, 0.05) is 11.4 Å². The molecule has 0 radical (unpaired) electrons. The molecule has 0 aliphatic heterocycles. The van der Waals surface area contributed by atoms with Gasteiger partial charge in [-0.05, 0) is 54.0 Å². The van der Waals surface area contributed by atoms with Crippen LogP contribution in [0.5, 0.6) is 0 Å². The number of rotatable bonds is 3. The molecule has 0 saturated carbocycles. The zero-order chi connectivity index (χ0) is 15.2. The minimum Gasteiger partial charge on any atom is -0.332 e. The fourth-order valence-electron chi connectivity index (χ4n) is 2.03. The Kier molecular flexibility index (Phi) is 4.91. The molecule has 2 N–H and O–H groups in total. The fourth-order valence-corrected chi connectivity index (χ4v) is 2.25. The summed E-state index contributed by atoms with van der Waals surface area (Å²) in [5.41, 5.74) is 3.72. The van der Waals surface area contributed by atoms with E-state index in [4.69, 9.17) is 17.5 Å². The lowest BCUT2D eigenvalue weighted by molar-refractivity contribution is 0.869. The van der Waals surface area contributed by atoms with E-state index in [2.05, 4.69) is 36.6 Å². The highest BCUT2D eigenvalue weighted by Gasteiger charge is 2.07. The number of nitrogens with zero attached hydrogens (tertiary/aromatic N) is 1. The van der Waals surface area contributed by atoms with Crippen molar-refractivity contribution in [1.29, 1.82) is 5.26 Å². The van der Waals surface area contributed by atoms with Gasteiger partial charge in [0.2, 0.25) is 0 Å². The Morgan fingerprint density at radius 2 is 1.71 bits per heavy atom. The van der Waals surface area contributed by atoms with Gasteiger partial charge in [-0.25, -0.2) is 0 Å². The van der Waals surface area contributed by atoms with Gasteiger partial charge in [-0.3, -0.25) is 0 Å². The molecule has 0 aliphatic carbocycles. The molecule has 0 amide bonds. The summed E-state index contributed by atoms with van der Waals surface area (Å²) in [7, 11) is 0. The molecule has 0 aromatic heterocycles. The van der Waals surface area contributed by atoms with Crippen molar-refractivity contribution in [3.8, 4) is 6.07 Å². The maximum absolute atomic E-state index is 8.78. The second-order valence-electron chi connectivity index (χ2n) is 5.01. The van der Waals surface area contributed by atoms with Crippen molar-refractivity contribution in [2.75, 3.05) is 10.6 Å². The molecule has 0 saturated heterocycles. The molecule has 21 heavy (non-hydrogen) atoms. The maximum Gasteiger partial charge on any atom is 0.175 e. The zero-order valence-electron chi connectivity index (χ0n) is 12.1. The first-order valence-corrected chi connectivity index (χ1v) is 7.18. The molecule has 0 heterocycles. The summed E-state index contributed by atoms with van der Waals surface area (Å²) in [5.74, 6) is 0.423. The van der Waals surface area contributed by atoms with Crippen molar-refractivity contribution in [3.05, 3.63) is 59.7 Å². The number of benzene rings is 2. The quantitative estimate of drug-likeness (QED) is 0.819. The molecule has 0 bridgehead atoms. The van der Waals surface area contributed by atoms with Crippen LogP contribution in [0.3, 0.4) is 0 Å². The van der Waals surface area contributed by atoms with E-state index in [0.29, 0.717) is 16.6 Å². The van der Waals surface area contributed by atoms with Crippen LogP contribution in [0.1, 0.15) is 30.9 Å². The Morgan fingerprint density at radius 1 is 1.05 bits per heavy atom. The van der Waals surface area contributed by atoms with Crippen LogP contribution in [0.2, 0.25) is 0 Å². The number of hydrogen-bond acceptors (Lipinski definition) is 2. The average Bonchev–Trinajstić information content (AvgIpc) is 2.48. The SMILES string of the molecule is CC(C)c1ccccc1NC(=S)Nc1ccc(C#N)cc1. The molecule has 3 nitrogen and oxygen atoms in total. The summed E-state index contributed by atoms with van der Waals surface area (Å²) in [5, 5.41) is 15.7. The second kappa shape index (κ2) is 6.87. The average molecular weight is 295 g/mol. The van der Waals surface area contributed by atoms with Gasteiger partial charge in [-0.2, -0.15) is 5.26 Å². The molecule has 2 rings (SSSR count). The third kappa shape index (κ3) is 4.04. The van der Waals surface area contributed by atoms with Crippen LogP contribution in [-0.4, -0.2) is 5.11 Å². The standard InChI is InChI=1S/C17H17N3S/c1-12(2)15-5-3-4-6-16(15)20-17(21)19-14-9-7-13(11-18)8-10-14/h3-10,12H,1-2H3,(H2,19,20,21). The van der Waals surface area contributed by atoms with E-state index in [1.54, 1.807) is 12.1 Å². The van der Waals surface area contributed by atoms with Crippen LogP contribution >= 0.6 is 12.2 Å². The first kappa shape index (κ1) is 15.0. The minimum absolute atomic E-state index is 0.423. The van der Waals surface area contributed by atoms with Crippen molar-refractivity contribution in [2.24, 2.45) is 0 Å². The van der Waals surface area contributed by atoms with E-state index in [-0.39, 0.29) is 0 Å². The number of nitrogens with one attached hydrogen (secondary N) is 2. The molecule has 0 spiro atoms. The third-order valence-electron chi connectivity index (χ3n) is 3.10. The molecule has 2 aromatic rings. The number of para-hydroxylation sites is 1. The number of nitriles is 1. The van der Waals surface area contributed by atoms with Gasteiger partial charge in [0.1, 0.15) is 0 Å². The first-order valence-electron chi connectivity index (χ1n) is 6.77. The molecule has 0 fully saturated rings. The predicted octanol–water partition coefficient (Wildman–Crippen LogP) is 4.49. The molecule has 0 aliphatic rings. The highest BCUT2D eigenvalue weighted by atomic mass is 32.1. The van der Waals surface area contributed by atoms with Crippen molar-refractivity contribution in [2.45, 2.75) is 19.8 Å². The fraction of sp³-hybridized carbons (Fsp3) is 0.176. The van der Waals surface area contributed by atoms with Crippen LogP contribution < -0.4 is 10.6 Å². The van der Waals surface area contributed by atoms with Gasteiger partial charge in [0.05, 0.1) is 11.6 Å². The van der Waals surface area contributed by atoms with Gasteiger partial charge < -0.3 is 10.6 Å². The van der Waals surface area contributed by atoms with Crippen LogP contribution in [0.4, 0.5) is 11.4 Å². The number of thiocarbonyl (C=S) groups is 1. The molecular weight excluding hydrogens is 278 g/mol. The van der Waals surface area contributed by atoms with E-state index >= 15 is 0 Å². The summed E-state index contributed by atoms with van der Waals surface area (Å²) in [4.78, 5) is 0. The monoisotopic (exact) mass is 295 g/mol. The normalized spacial score (nSPS) is 10.0. The lowest BCUT2D eigenvalue weighted by Gasteiger charge is -2.16. The van der Waals surface area contributed by atoms with Gasteiger partial charge in [-0.15, -0.1) is 0 Å². The van der Waals surface area contributed by atoms with E-state index in [1.807, 2.05) is 30.3 Å². The summed E-state index contributed by atoms with van der Waals surface area (Å²) < 4.78 is 0. The smallest absolute Gasteiger partial charge is 0.175 e. The first-order chi connectivity index (χ1) is 10.1. The van der Waals surface area contributed by atoms with Gasteiger partial charge in [0.25, 0.3) is 0 Å². The second-order valence-corrected chi connectivity index (χ2v) is 5.42.